The Bertz CT molecular complexity index is 1590. The Hall–Kier alpha value is -5.33. The molecule has 0 aliphatic heterocycles. The molecule has 2 aromatic rings. The van der Waals surface area contributed by atoms with Gasteiger partial charge in [-0.2, -0.15) is 0 Å². The summed E-state index contributed by atoms with van der Waals surface area (Å²) in [4.78, 5) is 112. The predicted molar refractivity (Wildman–Crippen MR) is 154 cm³/mol. The Morgan fingerprint density at radius 3 is 2.00 bits per heavy atom. The number of aromatic amines is 2. The Morgan fingerprint density at radius 2 is 1.41 bits per heavy atom. The van der Waals surface area contributed by atoms with Gasteiger partial charge in [-0.05, 0) is 39.2 Å². The lowest BCUT2D eigenvalue weighted by Crippen LogP contribution is -2.50. The summed E-state index contributed by atoms with van der Waals surface area (Å²) in [6, 6.07) is -1.11. The van der Waals surface area contributed by atoms with Crippen LogP contribution in [-0.2, 0) is 37.1 Å². The molecule has 0 bridgehead atoms. The molecule has 19 nitrogen and oxygen atoms in total. The van der Waals surface area contributed by atoms with Crippen molar-refractivity contribution in [3.8, 4) is 0 Å². The number of rotatable bonds is 17. The average molecular weight is 621 g/mol. The van der Waals surface area contributed by atoms with Gasteiger partial charge in [-0.25, -0.2) is 9.59 Å². The van der Waals surface area contributed by atoms with E-state index in [9.17, 15) is 43.2 Å². The quantitative estimate of drug-likeness (QED) is 0.0776. The SMILES string of the molecule is Cc1cn(CC(=O)N[C@@H](CCCNC(=O)[C@H](CCCN)NC(=O)Cn2ccc(=O)[nH]c2=O)C(=O)NCC(N)=O)c(=O)[nH]c1=O. The van der Waals surface area contributed by atoms with Gasteiger partial charge in [0.25, 0.3) is 11.1 Å². The first-order valence-corrected chi connectivity index (χ1v) is 13.5. The van der Waals surface area contributed by atoms with E-state index in [0.717, 1.165) is 21.4 Å². The third kappa shape index (κ3) is 11.5. The van der Waals surface area contributed by atoms with Gasteiger partial charge in [-0.15, -0.1) is 0 Å². The van der Waals surface area contributed by atoms with Crippen LogP contribution in [0.2, 0.25) is 0 Å². The zero-order valence-electron chi connectivity index (χ0n) is 24.0. The van der Waals surface area contributed by atoms with E-state index in [1.807, 2.05) is 4.98 Å². The lowest BCUT2D eigenvalue weighted by atomic mass is 10.1. The maximum absolute atomic E-state index is 12.8. The Morgan fingerprint density at radius 1 is 0.841 bits per heavy atom. The fraction of sp³-hybridized carbons (Fsp3) is 0.480. The number of carbonyl (C=O) groups is 5. The monoisotopic (exact) mass is 620 g/mol. The van der Waals surface area contributed by atoms with Crippen LogP contribution in [0.3, 0.4) is 0 Å². The van der Waals surface area contributed by atoms with Crippen LogP contribution in [0.5, 0.6) is 0 Å². The predicted octanol–water partition coefficient (Wildman–Crippen LogP) is -5.40. The number of nitrogens with two attached hydrogens (primary N) is 2. The largest absolute Gasteiger partial charge is 0.368 e. The summed E-state index contributed by atoms with van der Waals surface area (Å²) in [6.07, 6.45) is 3.06. The zero-order chi connectivity index (χ0) is 32.8. The molecule has 2 aromatic heterocycles. The summed E-state index contributed by atoms with van der Waals surface area (Å²) in [7, 11) is 0. The number of carbonyl (C=O) groups excluding carboxylic acids is 5. The van der Waals surface area contributed by atoms with Gasteiger partial charge in [0.05, 0.1) is 6.54 Å². The standard InChI is InChI=1S/C25H36N10O9/c1-14-11-35(25(44)33-21(14)40)13-20(39)31-16(23(42)29-10-17(27)36)5-3-8-28-22(41)15(4-2-7-26)30-19(38)12-34-9-6-18(37)32-24(34)43/h6,9,11,15-16H,2-5,7-8,10,12-13,26H2,1H3,(H2,27,36)(H,28,41)(H,29,42)(H,30,38)(H,31,39)(H,32,37,43)(H,33,40,44)/t15-,16-/m0/s1. The normalized spacial score (nSPS) is 12.0. The highest BCUT2D eigenvalue weighted by molar-refractivity contribution is 5.90. The molecule has 0 saturated heterocycles. The van der Waals surface area contributed by atoms with Gasteiger partial charge in [0.2, 0.25) is 29.5 Å². The number of hydrogen-bond donors (Lipinski definition) is 8. The molecule has 2 rings (SSSR count). The van der Waals surface area contributed by atoms with Gasteiger partial charge in [-0.3, -0.25) is 52.7 Å². The highest BCUT2D eigenvalue weighted by Crippen LogP contribution is 2.01. The Kier molecular flexibility index (Phi) is 13.4. The second-order valence-corrected chi connectivity index (χ2v) is 9.73. The second-order valence-electron chi connectivity index (χ2n) is 9.73. The van der Waals surface area contributed by atoms with Crippen molar-refractivity contribution in [1.82, 2.24) is 40.4 Å². The number of primary amides is 1. The molecule has 19 heteroatoms. The lowest BCUT2D eigenvalue weighted by molar-refractivity contribution is -0.130. The maximum atomic E-state index is 12.8. The van der Waals surface area contributed by atoms with Crippen molar-refractivity contribution in [2.24, 2.45) is 11.5 Å². The number of hydrogen-bond acceptors (Lipinski definition) is 10. The van der Waals surface area contributed by atoms with Crippen LogP contribution in [0.1, 0.15) is 31.2 Å². The van der Waals surface area contributed by atoms with Crippen LogP contribution in [-0.4, -0.2) is 80.4 Å². The van der Waals surface area contributed by atoms with E-state index < -0.39 is 83.8 Å². The van der Waals surface area contributed by atoms with Crippen molar-refractivity contribution in [2.75, 3.05) is 19.6 Å². The first-order valence-electron chi connectivity index (χ1n) is 13.5. The van der Waals surface area contributed by atoms with E-state index in [0.29, 0.717) is 6.42 Å². The minimum Gasteiger partial charge on any atom is -0.368 e. The van der Waals surface area contributed by atoms with Crippen LogP contribution < -0.4 is 55.2 Å². The van der Waals surface area contributed by atoms with Crippen molar-refractivity contribution >= 4 is 29.5 Å². The first-order chi connectivity index (χ1) is 20.8. The van der Waals surface area contributed by atoms with Gasteiger partial charge in [0.1, 0.15) is 25.2 Å². The Labute approximate surface area is 248 Å². The van der Waals surface area contributed by atoms with Gasteiger partial charge < -0.3 is 32.7 Å². The summed E-state index contributed by atoms with van der Waals surface area (Å²) in [5.41, 5.74) is 7.96. The number of nitrogens with zero attached hydrogens (tertiary/aromatic N) is 2. The fourth-order valence-electron chi connectivity index (χ4n) is 3.89. The molecule has 0 aromatic carbocycles. The van der Waals surface area contributed by atoms with Gasteiger partial charge >= 0.3 is 11.4 Å². The molecule has 0 spiro atoms. The molecule has 0 aliphatic rings. The average Bonchev–Trinajstić information content (AvgIpc) is 2.95. The smallest absolute Gasteiger partial charge is 0.328 e. The third-order valence-electron chi connectivity index (χ3n) is 6.12. The minimum atomic E-state index is -1.18. The number of aromatic nitrogens is 4. The summed E-state index contributed by atoms with van der Waals surface area (Å²) >= 11 is 0. The van der Waals surface area contributed by atoms with Crippen LogP contribution in [0.4, 0.5) is 0 Å². The van der Waals surface area contributed by atoms with Crippen LogP contribution in [0, 0.1) is 6.92 Å². The van der Waals surface area contributed by atoms with Crippen LogP contribution >= 0.6 is 0 Å². The topological polar surface area (TPSA) is 295 Å². The van der Waals surface area contributed by atoms with Gasteiger partial charge in [-0.1, -0.05) is 0 Å². The molecule has 0 fully saturated rings. The molecule has 0 aliphatic carbocycles. The summed E-state index contributed by atoms with van der Waals surface area (Å²) in [5.74, 6) is -3.52. The second kappa shape index (κ2) is 16.9. The van der Waals surface area contributed by atoms with Crippen molar-refractivity contribution in [3.05, 3.63) is 65.7 Å². The van der Waals surface area contributed by atoms with Crippen molar-refractivity contribution in [3.63, 3.8) is 0 Å². The molecule has 2 atom stereocenters. The molecule has 0 radical (unpaired) electrons. The molecule has 44 heavy (non-hydrogen) atoms. The zero-order valence-corrected chi connectivity index (χ0v) is 24.0. The van der Waals surface area contributed by atoms with Crippen molar-refractivity contribution in [2.45, 2.75) is 57.8 Å². The number of aryl methyl sites for hydroxylation is 1. The van der Waals surface area contributed by atoms with Gasteiger partial charge in [0.15, 0.2) is 0 Å². The summed E-state index contributed by atoms with van der Waals surface area (Å²) in [6.45, 7) is 0.247. The summed E-state index contributed by atoms with van der Waals surface area (Å²) < 4.78 is 1.91. The van der Waals surface area contributed by atoms with Crippen molar-refractivity contribution < 1.29 is 24.0 Å². The lowest BCUT2D eigenvalue weighted by Gasteiger charge is -2.20. The Balaban J connectivity index is 1.99. The van der Waals surface area contributed by atoms with E-state index in [1.54, 1.807) is 0 Å². The molecular formula is C25H36N10O9. The van der Waals surface area contributed by atoms with E-state index >= 15 is 0 Å². The molecule has 2 heterocycles. The van der Waals surface area contributed by atoms with E-state index in [1.165, 1.54) is 13.1 Å². The number of nitrogens with one attached hydrogen (secondary N) is 6. The van der Waals surface area contributed by atoms with E-state index in [4.69, 9.17) is 11.5 Å². The maximum Gasteiger partial charge on any atom is 0.328 e. The third-order valence-corrected chi connectivity index (χ3v) is 6.12. The molecular weight excluding hydrogens is 584 g/mol. The molecule has 0 unspecified atom stereocenters. The molecule has 10 N–H and O–H groups in total. The van der Waals surface area contributed by atoms with E-state index in [2.05, 4.69) is 26.3 Å². The minimum absolute atomic E-state index is 0.00881. The van der Waals surface area contributed by atoms with E-state index in [-0.39, 0.29) is 37.9 Å². The fourth-order valence-corrected chi connectivity index (χ4v) is 3.89. The molecule has 5 amide bonds. The summed E-state index contributed by atoms with van der Waals surface area (Å²) in [5, 5.41) is 9.90. The number of amides is 5. The molecule has 240 valence electrons. The molecule has 0 saturated carbocycles. The highest BCUT2D eigenvalue weighted by Gasteiger charge is 2.23. The van der Waals surface area contributed by atoms with Crippen LogP contribution in [0.25, 0.3) is 0 Å². The highest BCUT2D eigenvalue weighted by atomic mass is 16.2. The van der Waals surface area contributed by atoms with Gasteiger partial charge in [0, 0.05) is 30.6 Å². The van der Waals surface area contributed by atoms with Crippen molar-refractivity contribution in [1.29, 1.82) is 0 Å². The first kappa shape index (κ1) is 34.9. The number of H-pyrrole nitrogens is 2. The van der Waals surface area contributed by atoms with Crippen LogP contribution in [0.15, 0.2) is 37.6 Å².